The van der Waals surface area contributed by atoms with E-state index in [0.29, 0.717) is 11.0 Å². The van der Waals surface area contributed by atoms with Crippen LogP contribution in [-0.2, 0) is 17.6 Å². The average molecular weight is 428 g/mol. The Balaban J connectivity index is 1.48. The molecule has 1 aromatic heterocycles. The number of nitriles is 1. The number of hydrogen-bond donors (Lipinski definition) is 1. The van der Waals surface area contributed by atoms with E-state index in [9.17, 15) is 10.1 Å². The van der Waals surface area contributed by atoms with Crippen molar-refractivity contribution in [1.82, 2.24) is 4.98 Å². The summed E-state index contributed by atoms with van der Waals surface area (Å²) in [7, 11) is 0. The number of thiazole rings is 1. The highest BCUT2D eigenvalue weighted by atomic mass is 32.1. The molecular weight excluding hydrogens is 402 g/mol. The normalized spacial score (nSPS) is 13.5. The molecule has 3 aromatic rings. The van der Waals surface area contributed by atoms with Crippen molar-refractivity contribution < 1.29 is 4.79 Å². The quantitative estimate of drug-likeness (QED) is 0.381. The first kappa shape index (κ1) is 21.0. The standard InChI is InChI=1S/C26H25N3OS/c1-17(2)19-9-7-18(8-10-19)13-23(15-27)25(30)29-26-28-24(16-31-26)22-12-11-20-5-3-4-6-21(20)14-22/h7-14,16-17H,3-6H2,1-2H3,(H,28,29,30)/b23-13+. The van der Waals surface area contributed by atoms with E-state index in [2.05, 4.69) is 42.3 Å². The molecule has 0 saturated heterocycles. The molecule has 0 fully saturated rings. The molecule has 0 atom stereocenters. The van der Waals surface area contributed by atoms with E-state index in [0.717, 1.165) is 29.7 Å². The number of fused-ring (bicyclic) bond motifs is 1. The van der Waals surface area contributed by atoms with Crippen LogP contribution < -0.4 is 5.32 Å². The monoisotopic (exact) mass is 427 g/mol. The molecule has 0 saturated carbocycles. The van der Waals surface area contributed by atoms with Crippen LogP contribution in [0.2, 0.25) is 0 Å². The summed E-state index contributed by atoms with van der Waals surface area (Å²) in [6.07, 6.45) is 6.37. The zero-order chi connectivity index (χ0) is 21.8. The van der Waals surface area contributed by atoms with Gasteiger partial charge in [-0.15, -0.1) is 11.3 Å². The maximum atomic E-state index is 12.6. The molecule has 0 unspecified atom stereocenters. The second-order valence-corrected chi connectivity index (χ2v) is 9.03. The van der Waals surface area contributed by atoms with E-state index in [1.165, 1.54) is 40.9 Å². The van der Waals surface area contributed by atoms with Crippen molar-refractivity contribution in [1.29, 1.82) is 5.26 Å². The van der Waals surface area contributed by atoms with Gasteiger partial charge in [0.15, 0.2) is 5.13 Å². The Morgan fingerprint density at radius 3 is 2.58 bits per heavy atom. The first-order valence-corrected chi connectivity index (χ1v) is 11.5. The number of nitrogens with zero attached hydrogens (tertiary/aromatic N) is 2. The SMILES string of the molecule is CC(C)c1ccc(/C=C(\C#N)C(=O)Nc2nc(-c3ccc4c(c3)CCCC4)cs2)cc1. The summed E-state index contributed by atoms with van der Waals surface area (Å²) in [6, 6.07) is 16.4. The smallest absolute Gasteiger partial charge is 0.268 e. The molecule has 2 aromatic carbocycles. The van der Waals surface area contributed by atoms with Crippen molar-refractivity contribution >= 4 is 28.5 Å². The summed E-state index contributed by atoms with van der Waals surface area (Å²) in [4.78, 5) is 17.2. The Labute approximate surface area is 187 Å². The Kier molecular flexibility index (Phi) is 6.29. The Bertz CT molecular complexity index is 1170. The van der Waals surface area contributed by atoms with Crippen molar-refractivity contribution in [3.63, 3.8) is 0 Å². The van der Waals surface area contributed by atoms with E-state index in [1.54, 1.807) is 6.08 Å². The van der Waals surface area contributed by atoms with Crippen LogP contribution in [0, 0.1) is 11.3 Å². The zero-order valence-corrected chi connectivity index (χ0v) is 18.6. The molecule has 0 radical (unpaired) electrons. The number of carbonyl (C=O) groups excluding carboxylic acids is 1. The molecule has 1 amide bonds. The minimum Gasteiger partial charge on any atom is -0.297 e. The minimum atomic E-state index is -0.443. The summed E-state index contributed by atoms with van der Waals surface area (Å²) in [5.41, 5.74) is 6.86. The molecule has 1 aliphatic rings. The van der Waals surface area contributed by atoms with Crippen LogP contribution in [0.5, 0.6) is 0 Å². The molecule has 1 N–H and O–H groups in total. The highest BCUT2D eigenvalue weighted by Crippen LogP contribution is 2.30. The maximum Gasteiger partial charge on any atom is 0.268 e. The van der Waals surface area contributed by atoms with Gasteiger partial charge in [0, 0.05) is 10.9 Å². The van der Waals surface area contributed by atoms with Crippen molar-refractivity contribution in [2.75, 3.05) is 5.32 Å². The van der Waals surface area contributed by atoms with Gasteiger partial charge in [0.25, 0.3) is 5.91 Å². The van der Waals surface area contributed by atoms with Gasteiger partial charge in [-0.3, -0.25) is 10.1 Å². The van der Waals surface area contributed by atoms with Gasteiger partial charge in [0.2, 0.25) is 0 Å². The van der Waals surface area contributed by atoms with Crippen molar-refractivity contribution in [3.05, 3.63) is 75.7 Å². The number of amides is 1. The maximum absolute atomic E-state index is 12.6. The third kappa shape index (κ3) is 4.92. The van der Waals surface area contributed by atoms with Crippen molar-refractivity contribution in [2.45, 2.75) is 45.4 Å². The number of benzene rings is 2. The van der Waals surface area contributed by atoms with Gasteiger partial charge in [-0.25, -0.2) is 4.98 Å². The highest BCUT2D eigenvalue weighted by Gasteiger charge is 2.14. The highest BCUT2D eigenvalue weighted by molar-refractivity contribution is 7.14. The Hall–Kier alpha value is -3.23. The molecule has 156 valence electrons. The number of nitrogens with one attached hydrogen (secondary N) is 1. The molecule has 1 aliphatic carbocycles. The van der Waals surface area contributed by atoms with Gasteiger partial charge in [-0.1, -0.05) is 50.2 Å². The lowest BCUT2D eigenvalue weighted by Crippen LogP contribution is -2.13. The minimum absolute atomic E-state index is 0.0582. The molecule has 1 heterocycles. The number of anilines is 1. The Morgan fingerprint density at radius 1 is 1.13 bits per heavy atom. The molecule has 5 heteroatoms. The molecular formula is C26H25N3OS. The van der Waals surface area contributed by atoms with Gasteiger partial charge in [0.1, 0.15) is 11.6 Å². The zero-order valence-electron chi connectivity index (χ0n) is 17.8. The van der Waals surface area contributed by atoms with Crippen LogP contribution in [0.3, 0.4) is 0 Å². The first-order valence-electron chi connectivity index (χ1n) is 10.6. The molecule has 0 spiro atoms. The average Bonchev–Trinajstić information content (AvgIpc) is 3.25. The molecule has 0 aliphatic heterocycles. The van der Waals surface area contributed by atoms with Gasteiger partial charge in [0.05, 0.1) is 5.69 Å². The van der Waals surface area contributed by atoms with Crippen LogP contribution in [0.15, 0.2) is 53.4 Å². The number of aryl methyl sites for hydroxylation is 2. The van der Waals surface area contributed by atoms with Gasteiger partial charge in [-0.05, 0) is 66.0 Å². The molecule has 4 nitrogen and oxygen atoms in total. The van der Waals surface area contributed by atoms with Crippen LogP contribution >= 0.6 is 11.3 Å². The van der Waals surface area contributed by atoms with E-state index >= 15 is 0 Å². The van der Waals surface area contributed by atoms with Gasteiger partial charge in [-0.2, -0.15) is 5.26 Å². The van der Waals surface area contributed by atoms with Crippen molar-refractivity contribution in [3.8, 4) is 17.3 Å². The predicted molar refractivity (Wildman–Crippen MR) is 127 cm³/mol. The van der Waals surface area contributed by atoms with Crippen LogP contribution in [0.1, 0.15) is 54.9 Å². The van der Waals surface area contributed by atoms with Gasteiger partial charge < -0.3 is 0 Å². The third-order valence-corrected chi connectivity index (χ3v) is 6.41. The fourth-order valence-corrected chi connectivity index (χ4v) is 4.53. The first-order chi connectivity index (χ1) is 15.0. The summed E-state index contributed by atoms with van der Waals surface area (Å²) >= 11 is 1.37. The topological polar surface area (TPSA) is 65.8 Å². The van der Waals surface area contributed by atoms with E-state index in [-0.39, 0.29) is 5.57 Å². The lowest BCUT2D eigenvalue weighted by Gasteiger charge is -2.16. The lowest BCUT2D eigenvalue weighted by atomic mass is 9.90. The fourth-order valence-electron chi connectivity index (χ4n) is 3.81. The van der Waals surface area contributed by atoms with Gasteiger partial charge >= 0.3 is 0 Å². The predicted octanol–water partition coefficient (Wildman–Crippen LogP) is 6.36. The summed E-state index contributed by atoms with van der Waals surface area (Å²) in [5, 5.41) is 14.7. The van der Waals surface area contributed by atoms with Crippen LogP contribution in [0.25, 0.3) is 17.3 Å². The van der Waals surface area contributed by atoms with Crippen LogP contribution in [-0.4, -0.2) is 10.9 Å². The number of rotatable bonds is 5. The van der Waals surface area contributed by atoms with E-state index in [4.69, 9.17) is 0 Å². The van der Waals surface area contributed by atoms with Crippen LogP contribution in [0.4, 0.5) is 5.13 Å². The number of hydrogen-bond acceptors (Lipinski definition) is 4. The summed E-state index contributed by atoms with van der Waals surface area (Å²) in [5.74, 6) is -0.00671. The molecule has 4 rings (SSSR count). The van der Waals surface area contributed by atoms with E-state index < -0.39 is 5.91 Å². The Morgan fingerprint density at radius 2 is 1.87 bits per heavy atom. The number of carbonyl (C=O) groups is 1. The third-order valence-electron chi connectivity index (χ3n) is 5.65. The van der Waals surface area contributed by atoms with E-state index in [1.807, 2.05) is 35.7 Å². The lowest BCUT2D eigenvalue weighted by molar-refractivity contribution is -0.112. The molecule has 31 heavy (non-hydrogen) atoms. The largest absolute Gasteiger partial charge is 0.297 e. The second-order valence-electron chi connectivity index (χ2n) is 8.17. The summed E-state index contributed by atoms with van der Waals surface area (Å²) in [6.45, 7) is 4.26. The van der Waals surface area contributed by atoms with Crippen molar-refractivity contribution in [2.24, 2.45) is 0 Å². The second kappa shape index (κ2) is 9.28. The molecule has 0 bridgehead atoms. The summed E-state index contributed by atoms with van der Waals surface area (Å²) < 4.78 is 0. The fraction of sp³-hybridized carbons (Fsp3) is 0.269. The number of aromatic nitrogens is 1.